The summed E-state index contributed by atoms with van der Waals surface area (Å²) in [5.41, 5.74) is 3.77. The van der Waals surface area contributed by atoms with Crippen molar-refractivity contribution in [2.24, 2.45) is 0 Å². The van der Waals surface area contributed by atoms with Gasteiger partial charge in [0.1, 0.15) is 17.3 Å². The topological polar surface area (TPSA) is 64.3 Å². The van der Waals surface area contributed by atoms with Crippen LogP contribution in [0.5, 0.6) is 0 Å². The van der Waals surface area contributed by atoms with Crippen molar-refractivity contribution in [2.45, 2.75) is 18.7 Å². The van der Waals surface area contributed by atoms with Gasteiger partial charge in [0, 0.05) is 35.3 Å². The number of hydrogen-bond acceptors (Lipinski definition) is 4. The summed E-state index contributed by atoms with van der Waals surface area (Å²) in [5, 5.41) is 4.62. The lowest BCUT2D eigenvalue weighted by atomic mass is 10.0. The molecule has 2 aromatic carbocycles. The van der Waals surface area contributed by atoms with Crippen molar-refractivity contribution in [3.63, 3.8) is 0 Å². The van der Waals surface area contributed by atoms with Crippen molar-refractivity contribution in [3.05, 3.63) is 71.6 Å². The molecule has 4 rings (SSSR count). The first-order valence-corrected chi connectivity index (χ1v) is 10.7. The predicted molar refractivity (Wildman–Crippen MR) is 106 cm³/mol. The van der Waals surface area contributed by atoms with Crippen LogP contribution in [0.4, 0.5) is 8.78 Å². The second kappa shape index (κ2) is 6.73. The van der Waals surface area contributed by atoms with Gasteiger partial charge >= 0.3 is 0 Å². The van der Waals surface area contributed by atoms with Gasteiger partial charge < -0.3 is 0 Å². The molecule has 0 bridgehead atoms. The van der Waals surface area contributed by atoms with Crippen molar-refractivity contribution in [1.82, 2.24) is 14.6 Å². The summed E-state index contributed by atoms with van der Waals surface area (Å²) in [4.78, 5) is 4.60. The molecule has 0 atom stereocenters. The molecule has 0 aliphatic carbocycles. The van der Waals surface area contributed by atoms with Crippen LogP contribution in [0.3, 0.4) is 0 Å². The fraction of sp³-hybridized carbons (Fsp3) is 0.143. The second-order valence-corrected chi connectivity index (χ2v) is 8.92. The number of halogens is 2. The first-order valence-electron chi connectivity index (χ1n) is 8.77. The summed E-state index contributed by atoms with van der Waals surface area (Å²) in [6.45, 7) is 3.76. The predicted octanol–water partition coefficient (Wildman–Crippen LogP) is 4.36. The lowest BCUT2D eigenvalue weighted by Gasteiger charge is -2.06. The van der Waals surface area contributed by atoms with Crippen LogP contribution in [0.1, 0.15) is 11.3 Å². The minimum absolute atomic E-state index is 0.166. The zero-order valence-corrected chi connectivity index (χ0v) is 16.8. The van der Waals surface area contributed by atoms with Gasteiger partial charge in [-0.1, -0.05) is 12.1 Å². The molecule has 29 heavy (non-hydrogen) atoms. The van der Waals surface area contributed by atoms with Crippen molar-refractivity contribution in [1.29, 1.82) is 0 Å². The third kappa shape index (κ3) is 3.29. The average Bonchev–Trinajstić information content (AvgIpc) is 3.04. The fourth-order valence-electron chi connectivity index (χ4n) is 3.18. The maximum Gasteiger partial charge on any atom is 0.175 e. The number of sulfone groups is 1. The molecule has 0 N–H and O–H groups in total. The maximum atomic E-state index is 14.7. The van der Waals surface area contributed by atoms with E-state index in [1.165, 1.54) is 24.3 Å². The number of hydrogen-bond donors (Lipinski definition) is 0. The Bertz CT molecular complexity index is 1360. The number of aromatic nitrogens is 3. The average molecular weight is 413 g/mol. The summed E-state index contributed by atoms with van der Waals surface area (Å²) in [6.07, 6.45) is 2.80. The van der Waals surface area contributed by atoms with Crippen LogP contribution in [-0.2, 0) is 9.84 Å². The third-order valence-electron chi connectivity index (χ3n) is 4.89. The van der Waals surface area contributed by atoms with Crippen molar-refractivity contribution < 1.29 is 17.2 Å². The van der Waals surface area contributed by atoms with Gasteiger partial charge in [-0.15, -0.1) is 0 Å². The smallest absolute Gasteiger partial charge is 0.175 e. The first-order chi connectivity index (χ1) is 13.7. The molecule has 4 aromatic rings. The van der Waals surface area contributed by atoms with Gasteiger partial charge in [0.25, 0.3) is 0 Å². The number of aryl methyl sites for hydroxylation is 2. The molecule has 2 aromatic heterocycles. The van der Waals surface area contributed by atoms with E-state index in [4.69, 9.17) is 0 Å². The monoisotopic (exact) mass is 413 g/mol. The molecular weight excluding hydrogens is 396 g/mol. The Balaban J connectivity index is 2.04. The maximum absolute atomic E-state index is 14.7. The zero-order valence-electron chi connectivity index (χ0n) is 15.9. The Morgan fingerprint density at radius 1 is 1.00 bits per heavy atom. The molecule has 0 saturated carbocycles. The molecule has 0 aliphatic rings. The summed E-state index contributed by atoms with van der Waals surface area (Å²) in [7, 11) is -3.35. The third-order valence-corrected chi connectivity index (χ3v) is 6.01. The molecule has 0 unspecified atom stereocenters. The quantitative estimate of drug-likeness (QED) is 0.501. The molecule has 0 spiro atoms. The summed E-state index contributed by atoms with van der Waals surface area (Å²) >= 11 is 0. The molecule has 148 valence electrons. The summed E-state index contributed by atoms with van der Waals surface area (Å²) in [5.74, 6) is -1.41. The van der Waals surface area contributed by atoms with Crippen LogP contribution >= 0.6 is 0 Å². The standard InChI is InChI=1S/C21H17F2N3O2S/c1-12-11-24-21-19(17-9-6-15(22)10-18(17)23)20(25-26(21)13(12)2)14-4-7-16(8-5-14)29(3,27)28/h4-11H,1-3H3. The fourth-order valence-corrected chi connectivity index (χ4v) is 3.81. The van der Waals surface area contributed by atoms with E-state index in [-0.39, 0.29) is 10.5 Å². The molecule has 5 nitrogen and oxygen atoms in total. The van der Waals surface area contributed by atoms with E-state index in [1.54, 1.807) is 22.8 Å². The highest BCUT2D eigenvalue weighted by molar-refractivity contribution is 7.90. The van der Waals surface area contributed by atoms with E-state index in [1.807, 2.05) is 13.8 Å². The van der Waals surface area contributed by atoms with E-state index in [0.717, 1.165) is 23.6 Å². The van der Waals surface area contributed by atoms with E-state index in [0.29, 0.717) is 22.5 Å². The number of benzene rings is 2. The van der Waals surface area contributed by atoms with Crippen LogP contribution < -0.4 is 0 Å². The van der Waals surface area contributed by atoms with Crippen LogP contribution in [0.15, 0.2) is 53.6 Å². The van der Waals surface area contributed by atoms with Crippen LogP contribution in [0.2, 0.25) is 0 Å². The molecule has 2 heterocycles. The van der Waals surface area contributed by atoms with Gasteiger partial charge in [-0.3, -0.25) is 0 Å². The SMILES string of the molecule is Cc1cnc2c(-c3ccc(F)cc3F)c(-c3ccc(S(C)(=O)=O)cc3)nn2c1C. The van der Waals surface area contributed by atoms with Crippen LogP contribution in [0.25, 0.3) is 28.0 Å². The van der Waals surface area contributed by atoms with Crippen molar-refractivity contribution in [2.75, 3.05) is 6.26 Å². The first kappa shape index (κ1) is 19.2. The van der Waals surface area contributed by atoms with Gasteiger partial charge in [0.2, 0.25) is 0 Å². The van der Waals surface area contributed by atoms with E-state index in [2.05, 4.69) is 10.1 Å². The summed E-state index contributed by atoms with van der Waals surface area (Å²) < 4.78 is 53.2. The minimum Gasteiger partial charge on any atom is -0.236 e. The molecule has 8 heteroatoms. The highest BCUT2D eigenvalue weighted by Gasteiger charge is 2.22. The zero-order chi connectivity index (χ0) is 20.9. The lowest BCUT2D eigenvalue weighted by molar-refractivity contribution is 0.585. The molecule has 0 aliphatic heterocycles. The van der Waals surface area contributed by atoms with Crippen molar-refractivity contribution >= 4 is 15.5 Å². The summed E-state index contributed by atoms with van der Waals surface area (Å²) in [6, 6.07) is 9.54. The van der Waals surface area contributed by atoms with Crippen LogP contribution in [0, 0.1) is 25.5 Å². The molecule has 0 radical (unpaired) electrons. The van der Waals surface area contributed by atoms with Crippen LogP contribution in [-0.4, -0.2) is 29.3 Å². The molecule has 0 saturated heterocycles. The number of nitrogens with zero attached hydrogens (tertiary/aromatic N) is 3. The normalized spacial score (nSPS) is 11.9. The van der Waals surface area contributed by atoms with Gasteiger partial charge in [-0.25, -0.2) is 26.7 Å². The molecule has 0 fully saturated rings. The number of fused-ring (bicyclic) bond motifs is 1. The lowest BCUT2D eigenvalue weighted by Crippen LogP contribution is -1.98. The van der Waals surface area contributed by atoms with Crippen molar-refractivity contribution in [3.8, 4) is 22.4 Å². The van der Waals surface area contributed by atoms with Gasteiger partial charge in [0.05, 0.1) is 10.5 Å². The highest BCUT2D eigenvalue weighted by atomic mass is 32.2. The van der Waals surface area contributed by atoms with E-state index < -0.39 is 21.5 Å². The Hall–Kier alpha value is -3.13. The Kier molecular flexibility index (Phi) is 4.46. The Labute approximate surface area is 166 Å². The second-order valence-electron chi connectivity index (χ2n) is 6.91. The van der Waals surface area contributed by atoms with Gasteiger partial charge in [-0.05, 0) is 43.7 Å². The van der Waals surface area contributed by atoms with Gasteiger partial charge in [-0.2, -0.15) is 5.10 Å². The molecular formula is C21H17F2N3O2S. The minimum atomic E-state index is -3.35. The largest absolute Gasteiger partial charge is 0.236 e. The molecule has 0 amide bonds. The highest BCUT2D eigenvalue weighted by Crippen LogP contribution is 2.36. The Morgan fingerprint density at radius 3 is 2.31 bits per heavy atom. The van der Waals surface area contributed by atoms with E-state index >= 15 is 0 Å². The van der Waals surface area contributed by atoms with E-state index in [9.17, 15) is 17.2 Å². The number of rotatable bonds is 3. The van der Waals surface area contributed by atoms with Gasteiger partial charge in [0.15, 0.2) is 15.5 Å². The Morgan fingerprint density at radius 2 is 1.69 bits per heavy atom.